The van der Waals surface area contributed by atoms with Crippen LogP contribution in [0.2, 0.25) is 0 Å². The Kier molecular flexibility index (Phi) is 11.2. The van der Waals surface area contributed by atoms with Gasteiger partial charge in [-0.05, 0) is 62.0 Å². The Labute approximate surface area is 319 Å². The van der Waals surface area contributed by atoms with E-state index in [1.165, 1.54) is 0 Å². The highest BCUT2D eigenvalue weighted by Crippen LogP contribution is 2.59. The molecule has 2 amide bonds. The van der Waals surface area contributed by atoms with Gasteiger partial charge in [-0.15, -0.1) is 0 Å². The Balaban J connectivity index is 1.08. The number of hydroxylamine groups is 2. The Hall–Kier alpha value is -2.87. The maximum atomic E-state index is 15.2. The zero-order valence-electron chi connectivity index (χ0n) is 32.0. The maximum Gasteiger partial charge on any atom is 0.327 e. The zero-order valence-corrected chi connectivity index (χ0v) is 32.0. The summed E-state index contributed by atoms with van der Waals surface area (Å²) < 4.78 is 25.9. The molecule has 0 spiro atoms. The molecule has 0 aromatic heterocycles. The second-order valence-corrected chi connectivity index (χ2v) is 16.8. The van der Waals surface area contributed by atoms with E-state index >= 15 is 4.79 Å². The molecule has 1 aromatic carbocycles. The monoisotopic (exact) mass is 749 g/mol. The predicted octanol–water partition coefficient (Wildman–Crippen LogP) is 4.81. The largest absolute Gasteiger partial charge is 0.458 e. The predicted molar refractivity (Wildman–Crippen MR) is 198 cm³/mol. The van der Waals surface area contributed by atoms with Gasteiger partial charge in [-0.3, -0.25) is 19.2 Å². The number of fused-ring (bicyclic) bond motifs is 5. The molecule has 5 saturated heterocycles. The van der Waals surface area contributed by atoms with Gasteiger partial charge in [0.25, 0.3) is 0 Å². The van der Waals surface area contributed by atoms with E-state index in [-0.39, 0.29) is 37.9 Å². The molecule has 10 atom stereocenters. The lowest BCUT2D eigenvalue weighted by atomic mass is 9.62. The molecule has 7 fully saturated rings. The summed E-state index contributed by atoms with van der Waals surface area (Å²) in [6.45, 7) is 4.92. The number of aliphatic hydroxyl groups excluding tert-OH is 1. The van der Waals surface area contributed by atoms with Crippen molar-refractivity contribution in [3.8, 4) is 0 Å². The first-order valence-electron chi connectivity index (χ1n) is 20.9. The molecule has 54 heavy (non-hydrogen) atoms. The van der Waals surface area contributed by atoms with E-state index in [2.05, 4.69) is 43.4 Å². The summed E-state index contributed by atoms with van der Waals surface area (Å²) in [6.07, 6.45) is 15.0. The lowest BCUT2D eigenvalue weighted by molar-refractivity contribution is -0.225. The van der Waals surface area contributed by atoms with E-state index < -0.39 is 53.7 Å². The molecule has 0 radical (unpaired) electrons. The Morgan fingerprint density at radius 1 is 0.963 bits per heavy atom. The van der Waals surface area contributed by atoms with E-state index in [1.54, 1.807) is 9.96 Å². The molecule has 7 aliphatic rings. The molecule has 1 aromatic rings. The molecule has 296 valence electrons. The average molecular weight is 750 g/mol. The number of unbranched alkanes of at least 4 members (excludes halogenated alkanes) is 4. The minimum Gasteiger partial charge on any atom is -0.458 e. The number of aliphatic hydroxyl groups is 1. The number of amides is 2. The van der Waals surface area contributed by atoms with Gasteiger partial charge in [-0.1, -0.05) is 75.9 Å². The van der Waals surface area contributed by atoms with Gasteiger partial charge in [0.2, 0.25) is 11.8 Å². The number of hydrogen-bond donors (Lipinski definition) is 2. The van der Waals surface area contributed by atoms with E-state index in [0.29, 0.717) is 50.4 Å². The number of rotatable bonds is 16. The SMILES string of the molecule is CCCCCC1(CCCCC)O[C@@H]2[C@H](O1)[C@H]1ON(Cc3ccc(C=CC4CCC5OC5C4)cc3)[C@H]3C(=O)O[C@@H]2C[C@@]13C(=O)N1CCC[C@@H]1C(=O)NCCO. The summed E-state index contributed by atoms with van der Waals surface area (Å²) in [6, 6.07) is 6.53. The topological polar surface area (TPSA) is 139 Å². The third kappa shape index (κ3) is 7.15. The number of benzene rings is 1. The van der Waals surface area contributed by atoms with Gasteiger partial charge >= 0.3 is 5.97 Å². The summed E-state index contributed by atoms with van der Waals surface area (Å²) in [5.74, 6) is -1.40. The van der Waals surface area contributed by atoms with E-state index in [1.807, 2.05) is 12.1 Å². The highest BCUT2D eigenvalue weighted by molar-refractivity contribution is 5.96. The number of nitrogens with one attached hydrogen (secondary N) is 1. The smallest absolute Gasteiger partial charge is 0.327 e. The summed E-state index contributed by atoms with van der Waals surface area (Å²) >= 11 is 0. The zero-order chi connectivity index (χ0) is 37.5. The van der Waals surface area contributed by atoms with Crippen LogP contribution in [0, 0.1) is 11.3 Å². The minimum absolute atomic E-state index is 0.108. The summed E-state index contributed by atoms with van der Waals surface area (Å²) in [7, 11) is 0. The number of carbonyl (C=O) groups is 3. The molecule has 12 heteroatoms. The fraction of sp³-hybridized carbons (Fsp3) is 0.738. The summed E-state index contributed by atoms with van der Waals surface area (Å²) in [5, 5.41) is 13.8. The Morgan fingerprint density at radius 2 is 1.72 bits per heavy atom. The standard InChI is InChI=1S/C42H59N3O9/c1-3-5-7-19-41(20-8-6-4-2)52-34-33-25-42(40(49)44-22-9-10-30(44)38(47)43-21-23-46)36(39(48)51-33)45(54-37(42)35(34)53-41)26-29-15-12-27(13-16-29)11-14-28-17-18-31-32(24-28)50-31/h11-16,28,30-37,46H,3-10,17-26H2,1-2H3,(H,43,47)/t28?,30-,31?,32?,33-,34+,35+,36+,37-,42+/m1/s1. The van der Waals surface area contributed by atoms with Crippen LogP contribution < -0.4 is 5.32 Å². The Morgan fingerprint density at radius 3 is 2.44 bits per heavy atom. The number of ether oxygens (including phenoxy) is 4. The fourth-order valence-electron chi connectivity index (χ4n) is 10.3. The fourth-order valence-corrected chi connectivity index (χ4v) is 10.3. The van der Waals surface area contributed by atoms with Crippen molar-refractivity contribution in [1.82, 2.24) is 15.3 Å². The van der Waals surface area contributed by atoms with Crippen molar-refractivity contribution in [2.45, 2.75) is 165 Å². The van der Waals surface area contributed by atoms with Crippen LogP contribution in [0.1, 0.15) is 115 Å². The van der Waals surface area contributed by atoms with Crippen molar-refractivity contribution in [3.63, 3.8) is 0 Å². The van der Waals surface area contributed by atoms with Gasteiger partial charge in [-0.25, -0.2) is 0 Å². The molecular formula is C42H59N3O9. The highest BCUT2D eigenvalue weighted by Gasteiger charge is 2.77. The van der Waals surface area contributed by atoms with Gasteiger partial charge < -0.3 is 34.3 Å². The molecule has 2 bridgehead atoms. The second-order valence-electron chi connectivity index (χ2n) is 16.8. The first-order valence-corrected chi connectivity index (χ1v) is 20.9. The number of allylic oxidation sites excluding steroid dienone is 1. The lowest BCUT2D eigenvalue weighted by Crippen LogP contribution is -2.70. The number of carbonyl (C=O) groups excluding carboxylic acids is 3. The molecule has 5 heterocycles. The first-order chi connectivity index (χ1) is 26.3. The third-order valence-electron chi connectivity index (χ3n) is 13.1. The summed E-state index contributed by atoms with van der Waals surface area (Å²) in [4.78, 5) is 51.4. The molecule has 12 nitrogen and oxygen atoms in total. The van der Waals surface area contributed by atoms with Crippen LogP contribution in [0.4, 0.5) is 0 Å². The van der Waals surface area contributed by atoms with E-state index in [4.69, 9.17) is 23.8 Å². The van der Waals surface area contributed by atoms with Gasteiger partial charge in [0.15, 0.2) is 11.8 Å². The van der Waals surface area contributed by atoms with E-state index in [9.17, 15) is 14.7 Å². The molecule has 5 aliphatic heterocycles. The molecule has 2 aliphatic carbocycles. The average Bonchev–Trinajstić information content (AvgIpc) is 3.44. The number of epoxide rings is 1. The van der Waals surface area contributed by atoms with Crippen molar-refractivity contribution >= 4 is 23.9 Å². The number of likely N-dealkylation sites (tertiary alicyclic amines) is 1. The number of nitrogens with zero attached hydrogens (tertiary/aromatic N) is 2. The van der Waals surface area contributed by atoms with Crippen LogP contribution in [0.5, 0.6) is 0 Å². The lowest BCUT2D eigenvalue weighted by Gasteiger charge is -2.50. The quantitative estimate of drug-likeness (QED) is 0.138. The molecule has 8 rings (SSSR count). The van der Waals surface area contributed by atoms with Gasteiger partial charge in [-0.2, -0.15) is 5.06 Å². The molecule has 2 N–H and O–H groups in total. The van der Waals surface area contributed by atoms with Crippen LogP contribution in [0.3, 0.4) is 0 Å². The molecular weight excluding hydrogens is 690 g/mol. The van der Waals surface area contributed by atoms with Crippen LogP contribution in [0.25, 0.3) is 6.08 Å². The van der Waals surface area contributed by atoms with E-state index in [0.717, 1.165) is 68.9 Å². The minimum atomic E-state index is -1.33. The van der Waals surface area contributed by atoms with Crippen LogP contribution >= 0.6 is 0 Å². The van der Waals surface area contributed by atoms with Crippen molar-refractivity contribution < 1.29 is 43.3 Å². The number of esters is 1. The Bertz CT molecular complexity index is 1540. The van der Waals surface area contributed by atoms with Crippen molar-refractivity contribution in [3.05, 3.63) is 41.5 Å². The normalized spacial score (nSPS) is 36.2. The molecule has 2 saturated carbocycles. The summed E-state index contributed by atoms with van der Waals surface area (Å²) in [5.41, 5.74) is 0.702. The third-order valence-corrected chi connectivity index (χ3v) is 13.1. The molecule has 3 unspecified atom stereocenters. The maximum absolute atomic E-state index is 15.2. The van der Waals surface area contributed by atoms with Crippen LogP contribution in [-0.4, -0.2) is 107 Å². The van der Waals surface area contributed by atoms with Gasteiger partial charge in [0.05, 0.1) is 25.4 Å². The van der Waals surface area contributed by atoms with Gasteiger partial charge in [0, 0.05) is 32.4 Å². The van der Waals surface area contributed by atoms with Crippen LogP contribution in [0.15, 0.2) is 30.3 Å². The number of hydrogen-bond acceptors (Lipinski definition) is 10. The van der Waals surface area contributed by atoms with Crippen molar-refractivity contribution in [2.24, 2.45) is 11.3 Å². The van der Waals surface area contributed by atoms with Crippen LogP contribution in [-0.2, 0) is 44.7 Å². The second kappa shape index (κ2) is 15.9. The van der Waals surface area contributed by atoms with Gasteiger partial charge in [0.1, 0.15) is 35.9 Å². The van der Waals surface area contributed by atoms with Crippen molar-refractivity contribution in [1.29, 1.82) is 0 Å². The highest BCUT2D eigenvalue weighted by atomic mass is 16.8. The van der Waals surface area contributed by atoms with Crippen molar-refractivity contribution in [2.75, 3.05) is 19.7 Å². The first kappa shape index (κ1) is 38.0.